The predicted octanol–water partition coefficient (Wildman–Crippen LogP) is 3.28. The maximum absolute atomic E-state index is 13.6. The number of aliphatic hydroxyl groups excluding tert-OH is 1. The number of aromatic nitrogens is 2. The summed E-state index contributed by atoms with van der Waals surface area (Å²) < 4.78 is 19.7. The van der Waals surface area contributed by atoms with Gasteiger partial charge in [-0.25, -0.2) is 9.37 Å². The largest absolute Gasteiger partial charge is 0.472 e. The van der Waals surface area contributed by atoms with Crippen LogP contribution in [-0.4, -0.2) is 75.6 Å². The number of aliphatic hydroxyl groups is 1. The third kappa shape index (κ3) is 5.36. The molecule has 0 radical (unpaired) electrons. The third-order valence-electron chi connectivity index (χ3n) is 6.38. The minimum atomic E-state index is -0.480. The average Bonchev–Trinajstić information content (AvgIpc) is 2.90. The third-order valence-corrected chi connectivity index (χ3v) is 6.38. The highest BCUT2D eigenvalue weighted by Crippen LogP contribution is 2.30. The van der Waals surface area contributed by atoms with Crippen LogP contribution in [0.25, 0.3) is 11.1 Å². The number of rotatable bonds is 6. The second kappa shape index (κ2) is 10.8. The van der Waals surface area contributed by atoms with E-state index in [-0.39, 0.29) is 48.1 Å². The molecule has 3 aromatic rings. The number of halogens is 1. The molecular weight excluding hydrogens is 463 g/mol. The van der Waals surface area contributed by atoms with Gasteiger partial charge in [0, 0.05) is 37.5 Å². The van der Waals surface area contributed by atoms with Crippen molar-refractivity contribution < 1.29 is 23.8 Å². The number of likely N-dealkylation sites (N-methyl/N-ethyl adjacent to an activating group) is 1. The molecule has 1 aliphatic rings. The zero-order valence-corrected chi connectivity index (χ0v) is 20.5. The summed E-state index contributed by atoms with van der Waals surface area (Å²) in [6, 6.07) is 12.3. The fourth-order valence-electron chi connectivity index (χ4n) is 4.16. The molecule has 8 nitrogen and oxygen atoms in total. The van der Waals surface area contributed by atoms with E-state index in [1.54, 1.807) is 72.6 Å². The lowest BCUT2D eigenvalue weighted by Gasteiger charge is -2.37. The lowest BCUT2D eigenvalue weighted by Crippen LogP contribution is -2.50. The summed E-state index contributed by atoms with van der Waals surface area (Å²) in [5.74, 6) is -0.942. The molecule has 3 atom stereocenters. The Labute approximate surface area is 209 Å². The number of carbonyl (C=O) groups excluding carboxylic acids is 2. The fourth-order valence-corrected chi connectivity index (χ4v) is 4.16. The first-order valence-electron chi connectivity index (χ1n) is 11.8. The molecule has 0 aliphatic carbocycles. The van der Waals surface area contributed by atoms with E-state index >= 15 is 0 Å². The van der Waals surface area contributed by atoms with Crippen LogP contribution in [0.15, 0.2) is 60.9 Å². The van der Waals surface area contributed by atoms with Gasteiger partial charge in [-0.05, 0) is 42.8 Å². The normalized spacial score (nSPS) is 18.5. The van der Waals surface area contributed by atoms with E-state index in [4.69, 9.17) is 4.74 Å². The minimum absolute atomic E-state index is 0.149. The molecule has 0 bridgehead atoms. The number of amides is 2. The second-order valence-corrected chi connectivity index (χ2v) is 9.11. The molecule has 1 aromatic carbocycles. The minimum Gasteiger partial charge on any atom is -0.472 e. The lowest BCUT2D eigenvalue weighted by atomic mass is 9.99. The van der Waals surface area contributed by atoms with Crippen LogP contribution in [0.3, 0.4) is 0 Å². The molecule has 188 valence electrons. The Morgan fingerprint density at radius 3 is 2.64 bits per heavy atom. The van der Waals surface area contributed by atoms with E-state index in [2.05, 4.69) is 9.97 Å². The van der Waals surface area contributed by atoms with Gasteiger partial charge in [0.25, 0.3) is 11.8 Å². The number of carbonyl (C=O) groups is 2. The van der Waals surface area contributed by atoms with Crippen molar-refractivity contribution in [3.8, 4) is 17.0 Å². The van der Waals surface area contributed by atoms with Gasteiger partial charge in [0.2, 0.25) is 5.88 Å². The van der Waals surface area contributed by atoms with Gasteiger partial charge >= 0.3 is 0 Å². The SMILES string of the molecule is C[C@H]1CN([C@@H](C)CO)C(=O)c2cc(-c3ccc(F)cc3)cnc2O[C@H]1CN(C)C(=O)c1ccccn1. The van der Waals surface area contributed by atoms with Gasteiger partial charge in [0.1, 0.15) is 23.2 Å². The quantitative estimate of drug-likeness (QED) is 0.568. The van der Waals surface area contributed by atoms with Gasteiger partial charge in [0.15, 0.2) is 0 Å². The van der Waals surface area contributed by atoms with E-state index in [0.29, 0.717) is 23.4 Å². The van der Waals surface area contributed by atoms with Crippen molar-refractivity contribution in [3.63, 3.8) is 0 Å². The lowest BCUT2D eigenvalue weighted by molar-refractivity contribution is 0.0312. The number of ether oxygens (including phenoxy) is 1. The molecule has 1 N–H and O–H groups in total. The maximum Gasteiger partial charge on any atom is 0.272 e. The van der Waals surface area contributed by atoms with Crippen LogP contribution in [0, 0.1) is 11.7 Å². The van der Waals surface area contributed by atoms with Crippen LogP contribution < -0.4 is 4.74 Å². The standard InChI is InChI=1S/C27H29FN4O4/c1-17-14-32(18(2)16-33)26(34)22-12-20(19-7-9-21(28)10-8-19)13-30-25(22)36-24(17)15-31(3)27(35)23-6-4-5-11-29-23/h4-13,17-18,24,33H,14-16H2,1-3H3/t17-,18-,24-/m0/s1. The van der Waals surface area contributed by atoms with E-state index in [1.165, 1.54) is 12.1 Å². The van der Waals surface area contributed by atoms with Crippen molar-refractivity contribution >= 4 is 11.8 Å². The molecule has 36 heavy (non-hydrogen) atoms. The Morgan fingerprint density at radius 2 is 1.97 bits per heavy atom. The summed E-state index contributed by atoms with van der Waals surface area (Å²) in [5, 5.41) is 9.83. The van der Waals surface area contributed by atoms with Gasteiger partial charge < -0.3 is 19.6 Å². The highest BCUT2D eigenvalue weighted by atomic mass is 19.1. The molecule has 4 rings (SSSR count). The summed E-state index contributed by atoms with van der Waals surface area (Å²) in [4.78, 5) is 38.2. The molecule has 0 spiro atoms. The van der Waals surface area contributed by atoms with Crippen molar-refractivity contribution in [2.24, 2.45) is 5.92 Å². The Kier molecular flexibility index (Phi) is 7.59. The number of fused-ring (bicyclic) bond motifs is 1. The Hall–Kier alpha value is -3.85. The van der Waals surface area contributed by atoms with E-state index in [0.717, 1.165) is 0 Å². The zero-order chi connectivity index (χ0) is 25.8. The summed E-state index contributed by atoms with van der Waals surface area (Å²) in [5.41, 5.74) is 1.91. The first kappa shape index (κ1) is 25.2. The number of hydrogen-bond donors (Lipinski definition) is 1. The van der Waals surface area contributed by atoms with Crippen LogP contribution >= 0.6 is 0 Å². The van der Waals surface area contributed by atoms with Gasteiger partial charge in [-0.1, -0.05) is 25.1 Å². The molecule has 3 heterocycles. The van der Waals surface area contributed by atoms with Crippen molar-refractivity contribution in [1.82, 2.24) is 19.8 Å². The summed E-state index contributed by atoms with van der Waals surface area (Å²) >= 11 is 0. The highest BCUT2D eigenvalue weighted by Gasteiger charge is 2.35. The molecule has 0 saturated heterocycles. The smallest absolute Gasteiger partial charge is 0.272 e. The van der Waals surface area contributed by atoms with Crippen molar-refractivity contribution in [2.75, 3.05) is 26.7 Å². The van der Waals surface area contributed by atoms with Crippen LogP contribution in [0.1, 0.15) is 34.7 Å². The topological polar surface area (TPSA) is 95.9 Å². The number of nitrogens with zero attached hydrogens (tertiary/aromatic N) is 4. The average molecular weight is 493 g/mol. The summed E-state index contributed by atoms with van der Waals surface area (Å²) in [6.07, 6.45) is 2.66. The van der Waals surface area contributed by atoms with Crippen LogP contribution in [-0.2, 0) is 0 Å². The van der Waals surface area contributed by atoms with Crippen LogP contribution in [0.4, 0.5) is 4.39 Å². The Morgan fingerprint density at radius 1 is 1.22 bits per heavy atom. The molecule has 2 amide bonds. The van der Waals surface area contributed by atoms with Gasteiger partial charge in [0.05, 0.1) is 19.2 Å². The molecule has 9 heteroatoms. The van der Waals surface area contributed by atoms with Crippen LogP contribution in [0.2, 0.25) is 0 Å². The highest BCUT2D eigenvalue weighted by molar-refractivity contribution is 5.98. The number of pyridine rings is 2. The molecule has 0 unspecified atom stereocenters. The summed E-state index contributed by atoms with van der Waals surface area (Å²) in [7, 11) is 1.68. The fraction of sp³-hybridized carbons (Fsp3) is 0.333. The Bertz CT molecular complexity index is 1220. The first-order valence-corrected chi connectivity index (χ1v) is 11.8. The zero-order valence-electron chi connectivity index (χ0n) is 20.5. The van der Waals surface area contributed by atoms with Gasteiger partial charge in [-0.15, -0.1) is 0 Å². The summed E-state index contributed by atoms with van der Waals surface area (Å²) in [6.45, 7) is 4.06. The first-order chi connectivity index (χ1) is 17.3. The molecular formula is C27H29FN4O4. The van der Waals surface area contributed by atoms with Gasteiger partial charge in [-0.2, -0.15) is 0 Å². The van der Waals surface area contributed by atoms with Crippen molar-refractivity contribution in [1.29, 1.82) is 0 Å². The van der Waals surface area contributed by atoms with Crippen molar-refractivity contribution in [3.05, 3.63) is 78.0 Å². The van der Waals surface area contributed by atoms with E-state index < -0.39 is 12.1 Å². The monoisotopic (exact) mass is 492 g/mol. The van der Waals surface area contributed by atoms with Gasteiger partial charge in [-0.3, -0.25) is 14.6 Å². The Balaban J connectivity index is 1.68. The number of benzene rings is 1. The van der Waals surface area contributed by atoms with Crippen LogP contribution in [0.5, 0.6) is 5.88 Å². The van der Waals surface area contributed by atoms with E-state index in [1.807, 2.05) is 6.92 Å². The number of hydrogen-bond acceptors (Lipinski definition) is 6. The van der Waals surface area contributed by atoms with E-state index in [9.17, 15) is 19.1 Å². The second-order valence-electron chi connectivity index (χ2n) is 9.11. The molecule has 0 fully saturated rings. The maximum atomic E-state index is 13.6. The van der Waals surface area contributed by atoms with Crippen molar-refractivity contribution in [2.45, 2.75) is 26.0 Å². The molecule has 1 aliphatic heterocycles. The predicted molar refractivity (Wildman–Crippen MR) is 132 cm³/mol. The molecule has 0 saturated carbocycles. The molecule has 2 aromatic heterocycles.